The lowest BCUT2D eigenvalue weighted by Gasteiger charge is -2.36. The second-order valence-corrected chi connectivity index (χ2v) is 8.74. The van der Waals surface area contributed by atoms with E-state index in [1.165, 1.54) is 0 Å². The lowest BCUT2D eigenvalue weighted by atomic mass is 10.1. The van der Waals surface area contributed by atoms with Gasteiger partial charge in [0.2, 0.25) is 0 Å². The van der Waals surface area contributed by atoms with Gasteiger partial charge in [0, 0.05) is 26.2 Å². The number of nitrogens with one attached hydrogen (secondary N) is 1. The van der Waals surface area contributed by atoms with E-state index < -0.39 is 10.0 Å². The Hall–Kier alpha value is -2.57. The molecule has 4 rings (SSSR count). The Balaban J connectivity index is 1.61. The molecule has 28 heavy (non-hydrogen) atoms. The van der Waals surface area contributed by atoms with Crippen LogP contribution in [0.3, 0.4) is 0 Å². The highest BCUT2D eigenvalue weighted by molar-refractivity contribution is 7.92. The van der Waals surface area contributed by atoms with Gasteiger partial charge in [-0.05, 0) is 41.6 Å². The van der Waals surface area contributed by atoms with Crippen LogP contribution in [0.5, 0.6) is 0 Å². The number of hydrogen-bond donors (Lipinski definition) is 1. The molecular weight excluding hydrogens is 370 g/mol. The molecule has 0 bridgehead atoms. The molecule has 1 aliphatic rings. The Morgan fingerprint density at radius 1 is 0.857 bits per heavy atom. The molecular formula is C22H25N3O2S. The van der Waals surface area contributed by atoms with Crippen LogP contribution in [-0.2, 0) is 10.0 Å². The van der Waals surface area contributed by atoms with E-state index in [1.54, 1.807) is 12.1 Å². The van der Waals surface area contributed by atoms with E-state index in [9.17, 15) is 8.42 Å². The number of hydrogen-bond acceptors (Lipinski definition) is 4. The highest BCUT2D eigenvalue weighted by Gasteiger charge is 2.21. The van der Waals surface area contributed by atoms with Crippen LogP contribution in [0.15, 0.2) is 71.6 Å². The van der Waals surface area contributed by atoms with E-state index in [0.29, 0.717) is 5.69 Å². The zero-order chi connectivity index (χ0) is 19.6. The fourth-order valence-corrected chi connectivity index (χ4v) is 4.79. The maximum Gasteiger partial charge on any atom is 0.261 e. The molecule has 0 aromatic heterocycles. The van der Waals surface area contributed by atoms with E-state index in [-0.39, 0.29) is 4.90 Å². The summed E-state index contributed by atoms with van der Waals surface area (Å²) in [6.45, 7) is 6.97. The molecule has 1 N–H and O–H groups in total. The first-order chi connectivity index (χ1) is 13.6. The van der Waals surface area contributed by atoms with Gasteiger partial charge in [0.25, 0.3) is 10.0 Å². The molecule has 0 amide bonds. The number of fused-ring (bicyclic) bond motifs is 1. The molecule has 1 aliphatic heterocycles. The van der Waals surface area contributed by atoms with E-state index in [0.717, 1.165) is 49.2 Å². The highest BCUT2D eigenvalue weighted by Crippen LogP contribution is 2.29. The van der Waals surface area contributed by atoms with E-state index in [2.05, 4.69) is 21.4 Å². The number of anilines is 2. The minimum atomic E-state index is -3.67. The predicted octanol–water partition coefficient (Wildman–Crippen LogP) is 3.78. The fraction of sp³-hybridized carbons (Fsp3) is 0.273. The third kappa shape index (κ3) is 3.84. The molecule has 146 valence electrons. The van der Waals surface area contributed by atoms with Gasteiger partial charge in [-0.15, -0.1) is 0 Å². The average molecular weight is 396 g/mol. The monoisotopic (exact) mass is 395 g/mol. The van der Waals surface area contributed by atoms with Crippen LogP contribution in [0.25, 0.3) is 10.8 Å². The fourth-order valence-electron chi connectivity index (χ4n) is 3.68. The lowest BCUT2D eigenvalue weighted by Crippen LogP contribution is -2.46. The SMILES string of the molecule is CCN1CCN(c2ccccc2NS(=O)(=O)c2ccc3ccccc3c2)CC1. The van der Waals surface area contributed by atoms with Gasteiger partial charge in [-0.25, -0.2) is 8.42 Å². The molecule has 6 heteroatoms. The average Bonchev–Trinajstić information content (AvgIpc) is 2.73. The minimum Gasteiger partial charge on any atom is -0.367 e. The first-order valence-corrected chi connectivity index (χ1v) is 11.1. The number of nitrogens with zero attached hydrogens (tertiary/aromatic N) is 2. The van der Waals surface area contributed by atoms with Crippen molar-refractivity contribution in [2.45, 2.75) is 11.8 Å². The number of sulfonamides is 1. The zero-order valence-corrected chi connectivity index (χ0v) is 16.8. The molecule has 3 aromatic rings. The van der Waals surface area contributed by atoms with Crippen molar-refractivity contribution in [3.63, 3.8) is 0 Å². The minimum absolute atomic E-state index is 0.275. The van der Waals surface area contributed by atoms with Gasteiger partial charge in [-0.3, -0.25) is 4.72 Å². The Morgan fingerprint density at radius 2 is 1.54 bits per heavy atom. The highest BCUT2D eigenvalue weighted by atomic mass is 32.2. The second kappa shape index (κ2) is 7.81. The molecule has 3 aromatic carbocycles. The van der Waals surface area contributed by atoms with Crippen molar-refractivity contribution in [1.29, 1.82) is 0 Å². The molecule has 1 heterocycles. The van der Waals surface area contributed by atoms with Crippen molar-refractivity contribution in [2.75, 3.05) is 42.3 Å². The van der Waals surface area contributed by atoms with Crippen LogP contribution in [-0.4, -0.2) is 46.0 Å². The number of benzene rings is 3. The molecule has 0 unspecified atom stereocenters. The lowest BCUT2D eigenvalue weighted by molar-refractivity contribution is 0.271. The van der Waals surface area contributed by atoms with Gasteiger partial charge in [0.1, 0.15) is 0 Å². The van der Waals surface area contributed by atoms with Gasteiger partial charge in [-0.1, -0.05) is 49.4 Å². The Bertz CT molecular complexity index is 1070. The first-order valence-electron chi connectivity index (χ1n) is 9.65. The van der Waals surface area contributed by atoms with Gasteiger partial charge in [-0.2, -0.15) is 0 Å². The summed E-state index contributed by atoms with van der Waals surface area (Å²) in [4.78, 5) is 4.93. The molecule has 0 aliphatic carbocycles. The number of likely N-dealkylation sites (N-methyl/N-ethyl adjacent to an activating group) is 1. The van der Waals surface area contributed by atoms with Gasteiger partial charge in [0.05, 0.1) is 16.3 Å². The van der Waals surface area contributed by atoms with Crippen molar-refractivity contribution in [3.8, 4) is 0 Å². The van der Waals surface area contributed by atoms with Crippen LogP contribution in [0.2, 0.25) is 0 Å². The summed E-state index contributed by atoms with van der Waals surface area (Å²) < 4.78 is 28.9. The molecule has 0 saturated carbocycles. The van der Waals surface area contributed by atoms with E-state index in [4.69, 9.17) is 0 Å². The quantitative estimate of drug-likeness (QED) is 0.714. The van der Waals surface area contributed by atoms with Crippen molar-refractivity contribution in [1.82, 2.24) is 4.90 Å². The molecule has 0 radical (unpaired) electrons. The Morgan fingerprint density at radius 3 is 2.29 bits per heavy atom. The molecule has 1 saturated heterocycles. The molecule has 5 nitrogen and oxygen atoms in total. The summed E-state index contributed by atoms with van der Waals surface area (Å²) >= 11 is 0. The number of piperazine rings is 1. The van der Waals surface area contributed by atoms with Gasteiger partial charge < -0.3 is 9.80 Å². The van der Waals surface area contributed by atoms with Crippen molar-refractivity contribution >= 4 is 32.2 Å². The van der Waals surface area contributed by atoms with Gasteiger partial charge >= 0.3 is 0 Å². The maximum absolute atomic E-state index is 13.0. The summed E-state index contributed by atoms with van der Waals surface area (Å²) in [5, 5.41) is 1.94. The van der Waals surface area contributed by atoms with E-state index in [1.807, 2.05) is 54.6 Å². The van der Waals surface area contributed by atoms with Crippen molar-refractivity contribution in [3.05, 3.63) is 66.7 Å². The van der Waals surface area contributed by atoms with Crippen molar-refractivity contribution in [2.24, 2.45) is 0 Å². The third-order valence-electron chi connectivity index (χ3n) is 5.34. The Labute approximate surface area is 166 Å². The topological polar surface area (TPSA) is 52.6 Å². The maximum atomic E-state index is 13.0. The zero-order valence-electron chi connectivity index (χ0n) is 16.0. The van der Waals surface area contributed by atoms with Crippen LogP contribution in [0, 0.1) is 0 Å². The largest absolute Gasteiger partial charge is 0.367 e. The molecule has 1 fully saturated rings. The van der Waals surface area contributed by atoms with Crippen LogP contribution in [0.4, 0.5) is 11.4 Å². The van der Waals surface area contributed by atoms with Crippen LogP contribution < -0.4 is 9.62 Å². The summed E-state index contributed by atoms with van der Waals surface area (Å²) in [6, 6.07) is 20.6. The van der Waals surface area contributed by atoms with Crippen molar-refractivity contribution < 1.29 is 8.42 Å². The van der Waals surface area contributed by atoms with E-state index >= 15 is 0 Å². The second-order valence-electron chi connectivity index (χ2n) is 7.05. The summed E-state index contributed by atoms with van der Waals surface area (Å²) in [5.74, 6) is 0. The summed E-state index contributed by atoms with van der Waals surface area (Å²) in [7, 11) is -3.67. The third-order valence-corrected chi connectivity index (χ3v) is 6.70. The smallest absolute Gasteiger partial charge is 0.261 e. The van der Waals surface area contributed by atoms with Gasteiger partial charge in [0.15, 0.2) is 0 Å². The Kier molecular flexibility index (Phi) is 5.24. The summed E-state index contributed by atoms with van der Waals surface area (Å²) in [6.07, 6.45) is 0. The number of rotatable bonds is 5. The first kappa shape index (κ1) is 18.8. The van der Waals surface area contributed by atoms with Crippen LogP contribution >= 0.6 is 0 Å². The van der Waals surface area contributed by atoms with Crippen LogP contribution in [0.1, 0.15) is 6.92 Å². The number of para-hydroxylation sites is 2. The normalized spacial score (nSPS) is 15.7. The predicted molar refractivity (Wildman–Crippen MR) is 116 cm³/mol. The molecule has 0 spiro atoms. The molecule has 0 atom stereocenters. The summed E-state index contributed by atoms with van der Waals surface area (Å²) in [5.41, 5.74) is 1.56. The standard InChI is InChI=1S/C22H25N3O2S/c1-2-24-13-15-25(16-14-24)22-10-6-5-9-21(22)23-28(26,27)20-12-11-18-7-3-4-8-19(18)17-20/h3-12,17,23H,2,13-16H2,1H3.